The van der Waals surface area contributed by atoms with Gasteiger partial charge in [-0.2, -0.15) is 0 Å². The lowest BCUT2D eigenvalue weighted by molar-refractivity contribution is -0.141. The molecule has 0 radical (unpaired) electrons. The number of benzene rings is 1. The fraction of sp³-hybridized carbons (Fsp3) is 0.444. The molecule has 1 saturated carbocycles. The van der Waals surface area contributed by atoms with Crippen molar-refractivity contribution >= 4 is 17.4 Å². The monoisotopic (exact) mass is 448 g/mol. The van der Waals surface area contributed by atoms with E-state index >= 15 is 0 Å². The summed E-state index contributed by atoms with van der Waals surface area (Å²) < 4.78 is 5.80. The number of pyridine rings is 1. The van der Waals surface area contributed by atoms with Gasteiger partial charge in [-0.25, -0.2) is 0 Å². The first-order chi connectivity index (χ1) is 15.7. The van der Waals surface area contributed by atoms with Gasteiger partial charge in [-0.1, -0.05) is 39.7 Å². The molecule has 2 heterocycles. The van der Waals surface area contributed by atoms with Gasteiger partial charge in [-0.3, -0.25) is 14.6 Å². The largest absolute Gasteiger partial charge is 0.507 e. The predicted molar refractivity (Wildman–Crippen MR) is 127 cm³/mol. The maximum Gasteiger partial charge on any atom is 0.295 e. The summed E-state index contributed by atoms with van der Waals surface area (Å²) in [5.74, 6) is -0.591. The van der Waals surface area contributed by atoms with Crippen LogP contribution in [-0.4, -0.2) is 39.3 Å². The number of aliphatic hydroxyl groups is 1. The van der Waals surface area contributed by atoms with Crippen molar-refractivity contribution < 1.29 is 19.4 Å². The van der Waals surface area contributed by atoms with Crippen LogP contribution < -0.4 is 4.74 Å². The van der Waals surface area contributed by atoms with Gasteiger partial charge in [0.1, 0.15) is 11.5 Å². The molecule has 1 N–H and O–H groups in total. The second-order valence-electron chi connectivity index (χ2n) is 9.82. The van der Waals surface area contributed by atoms with Crippen LogP contribution in [0, 0.1) is 0 Å². The number of Topliss-reactive ketones (excluding diaryl/α,β-unsaturated/α-hetero) is 1. The zero-order valence-electron chi connectivity index (χ0n) is 19.8. The van der Waals surface area contributed by atoms with E-state index in [1.165, 1.54) is 0 Å². The highest BCUT2D eigenvalue weighted by Gasteiger charge is 2.49. The number of amides is 1. The van der Waals surface area contributed by atoms with Gasteiger partial charge in [0.15, 0.2) is 0 Å². The van der Waals surface area contributed by atoms with Crippen LogP contribution in [0.3, 0.4) is 0 Å². The Bertz CT molecular complexity index is 1080. The molecule has 1 aliphatic heterocycles. The number of hydrogen-bond donors (Lipinski definition) is 1. The van der Waals surface area contributed by atoms with E-state index < -0.39 is 17.7 Å². The average molecular weight is 449 g/mol. The maximum atomic E-state index is 13.3. The normalized spacial score (nSPS) is 21.1. The molecule has 1 aromatic heterocycles. The molecule has 6 nitrogen and oxygen atoms in total. The number of rotatable bonds is 5. The summed E-state index contributed by atoms with van der Waals surface area (Å²) >= 11 is 0. The van der Waals surface area contributed by atoms with E-state index in [2.05, 4.69) is 25.8 Å². The van der Waals surface area contributed by atoms with Gasteiger partial charge in [0.2, 0.25) is 0 Å². The Labute approximate surface area is 195 Å². The van der Waals surface area contributed by atoms with E-state index in [1.807, 2.05) is 25.1 Å². The number of nitrogens with zero attached hydrogens (tertiary/aromatic N) is 2. The minimum absolute atomic E-state index is 0.0116. The number of ether oxygens (including phenoxy) is 1. The highest BCUT2D eigenvalue weighted by atomic mass is 16.5. The summed E-state index contributed by atoms with van der Waals surface area (Å²) in [6.45, 7) is 8.68. The summed E-state index contributed by atoms with van der Waals surface area (Å²) in [5, 5.41) is 11.4. The quantitative estimate of drug-likeness (QED) is 0.389. The molecule has 6 heteroatoms. The van der Waals surface area contributed by atoms with Gasteiger partial charge in [0.05, 0.1) is 18.2 Å². The van der Waals surface area contributed by atoms with Crippen molar-refractivity contribution in [3.63, 3.8) is 0 Å². The van der Waals surface area contributed by atoms with Crippen molar-refractivity contribution in [2.24, 2.45) is 0 Å². The Morgan fingerprint density at radius 2 is 1.91 bits per heavy atom. The Morgan fingerprint density at radius 3 is 2.52 bits per heavy atom. The zero-order valence-corrected chi connectivity index (χ0v) is 19.8. The molecule has 33 heavy (non-hydrogen) atoms. The summed E-state index contributed by atoms with van der Waals surface area (Å²) in [4.78, 5) is 32.3. The minimum Gasteiger partial charge on any atom is -0.507 e. The number of carbonyl (C=O) groups is 2. The highest BCUT2D eigenvalue weighted by Crippen LogP contribution is 2.44. The second kappa shape index (κ2) is 9.00. The van der Waals surface area contributed by atoms with Crippen LogP contribution in [-0.2, 0) is 15.0 Å². The molecular weight excluding hydrogens is 416 g/mol. The van der Waals surface area contributed by atoms with Gasteiger partial charge in [-0.15, -0.1) is 0 Å². The van der Waals surface area contributed by atoms with Crippen LogP contribution >= 0.6 is 0 Å². The lowest BCUT2D eigenvalue weighted by atomic mass is 9.84. The first-order valence-corrected chi connectivity index (χ1v) is 11.7. The maximum absolute atomic E-state index is 13.3. The third-order valence-corrected chi connectivity index (χ3v) is 6.56. The lowest BCUT2D eigenvalue weighted by Crippen LogP contribution is -2.37. The van der Waals surface area contributed by atoms with E-state index in [9.17, 15) is 14.7 Å². The molecule has 0 bridgehead atoms. The van der Waals surface area contributed by atoms with E-state index in [4.69, 9.17) is 4.74 Å². The standard InChI is InChI=1S/C27H32N2O4/c1-5-33-21-13-12-17(15-20(21)27(2,3)4)24(30)22-23(18-9-8-14-28-16-18)29(26(32)25(22)31)19-10-6-7-11-19/h8-9,12-16,19,23,30H,5-7,10-11H2,1-4H3/b24-22-. The molecule has 1 atom stereocenters. The number of hydrogen-bond acceptors (Lipinski definition) is 5. The number of aromatic nitrogens is 1. The molecule has 1 saturated heterocycles. The first-order valence-electron chi connectivity index (χ1n) is 11.7. The van der Waals surface area contributed by atoms with Gasteiger partial charge in [0, 0.05) is 29.6 Å². The van der Waals surface area contributed by atoms with Crippen LogP contribution in [0.25, 0.3) is 5.76 Å². The van der Waals surface area contributed by atoms with Gasteiger partial charge in [0.25, 0.3) is 11.7 Å². The average Bonchev–Trinajstić information content (AvgIpc) is 3.40. The first kappa shape index (κ1) is 23.0. The fourth-order valence-electron chi connectivity index (χ4n) is 4.97. The summed E-state index contributed by atoms with van der Waals surface area (Å²) in [5.41, 5.74) is 2.05. The van der Waals surface area contributed by atoms with Crippen molar-refractivity contribution in [2.75, 3.05) is 6.61 Å². The molecule has 1 aromatic carbocycles. The molecular formula is C27H32N2O4. The molecule has 1 aliphatic carbocycles. The van der Waals surface area contributed by atoms with Crippen molar-refractivity contribution in [3.8, 4) is 5.75 Å². The highest BCUT2D eigenvalue weighted by molar-refractivity contribution is 6.46. The van der Waals surface area contributed by atoms with Gasteiger partial charge in [-0.05, 0) is 55.0 Å². The lowest BCUT2D eigenvalue weighted by Gasteiger charge is -2.30. The fourth-order valence-corrected chi connectivity index (χ4v) is 4.97. The van der Waals surface area contributed by atoms with E-state index in [0.717, 1.165) is 42.6 Å². The van der Waals surface area contributed by atoms with Crippen LogP contribution in [0.2, 0.25) is 0 Å². The second-order valence-corrected chi connectivity index (χ2v) is 9.82. The Hall–Kier alpha value is -3.15. The van der Waals surface area contributed by atoms with Gasteiger partial charge >= 0.3 is 0 Å². The SMILES string of the molecule is CCOc1ccc(/C(O)=C2/C(=O)C(=O)N(C3CCCC3)C2c2cccnc2)cc1C(C)(C)C. The Kier molecular flexibility index (Phi) is 6.28. The zero-order chi connectivity index (χ0) is 23.8. The van der Waals surface area contributed by atoms with Crippen LogP contribution in [0.4, 0.5) is 0 Å². The number of carbonyl (C=O) groups excluding carboxylic acids is 2. The minimum atomic E-state index is -0.647. The van der Waals surface area contributed by atoms with E-state index in [-0.39, 0.29) is 22.8 Å². The molecule has 1 unspecified atom stereocenters. The molecule has 2 aromatic rings. The van der Waals surface area contributed by atoms with E-state index in [1.54, 1.807) is 29.4 Å². The smallest absolute Gasteiger partial charge is 0.295 e. The van der Waals surface area contributed by atoms with Crippen molar-refractivity contribution in [1.29, 1.82) is 0 Å². The van der Waals surface area contributed by atoms with Crippen molar-refractivity contribution in [3.05, 3.63) is 65.0 Å². The predicted octanol–water partition coefficient (Wildman–Crippen LogP) is 5.14. The number of aliphatic hydroxyl groups excluding tert-OH is 1. The third kappa shape index (κ3) is 4.26. The molecule has 2 aliphatic rings. The third-order valence-electron chi connectivity index (χ3n) is 6.56. The molecule has 1 amide bonds. The summed E-state index contributed by atoms with van der Waals surface area (Å²) in [7, 11) is 0. The van der Waals surface area contributed by atoms with Crippen molar-refractivity contribution in [1.82, 2.24) is 9.88 Å². The molecule has 0 spiro atoms. The van der Waals surface area contributed by atoms with E-state index in [0.29, 0.717) is 12.2 Å². The summed E-state index contributed by atoms with van der Waals surface area (Å²) in [6, 6.07) is 8.43. The van der Waals surface area contributed by atoms with Crippen LogP contribution in [0.15, 0.2) is 48.3 Å². The van der Waals surface area contributed by atoms with Crippen LogP contribution in [0.1, 0.15) is 76.1 Å². The number of likely N-dealkylation sites (tertiary alicyclic amines) is 1. The van der Waals surface area contributed by atoms with Crippen LogP contribution in [0.5, 0.6) is 5.75 Å². The number of ketones is 1. The molecule has 4 rings (SSSR count). The Morgan fingerprint density at radius 1 is 1.18 bits per heavy atom. The topological polar surface area (TPSA) is 79.7 Å². The molecule has 2 fully saturated rings. The van der Waals surface area contributed by atoms with Gasteiger partial charge < -0.3 is 14.7 Å². The summed E-state index contributed by atoms with van der Waals surface area (Å²) in [6.07, 6.45) is 7.11. The Balaban J connectivity index is 1.88. The van der Waals surface area contributed by atoms with Crippen molar-refractivity contribution in [2.45, 2.75) is 70.9 Å². The molecule has 174 valence electrons.